The lowest BCUT2D eigenvalue weighted by atomic mass is 10.2. The van der Waals surface area contributed by atoms with Crippen molar-refractivity contribution in [1.82, 2.24) is 5.32 Å². The highest BCUT2D eigenvalue weighted by Gasteiger charge is 2.20. The average Bonchev–Trinajstić information content (AvgIpc) is 2.73. The Morgan fingerprint density at radius 1 is 1.56 bits per heavy atom. The Morgan fingerprint density at radius 3 is 3.12 bits per heavy atom. The van der Waals surface area contributed by atoms with Crippen molar-refractivity contribution in [1.29, 1.82) is 5.26 Å². The van der Waals surface area contributed by atoms with E-state index in [1.807, 2.05) is 0 Å². The van der Waals surface area contributed by atoms with Crippen molar-refractivity contribution in [3.8, 4) is 11.8 Å². The monoisotopic (exact) mass is 216 g/mol. The van der Waals surface area contributed by atoms with Gasteiger partial charge in [0.25, 0.3) is 0 Å². The summed E-state index contributed by atoms with van der Waals surface area (Å²) < 4.78 is 5.51. The summed E-state index contributed by atoms with van der Waals surface area (Å²) in [5.74, 6) is 0.750. The molecule has 16 heavy (non-hydrogen) atoms. The van der Waals surface area contributed by atoms with Gasteiger partial charge in [0.05, 0.1) is 17.7 Å². The molecule has 1 amide bonds. The van der Waals surface area contributed by atoms with Crippen LogP contribution in [0.4, 0.5) is 0 Å². The smallest absolute Gasteiger partial charge is 0.220 e. The van der Waals surface area contributed by atoms with Crippen LogP contribution in [-0.2, 0) is 4.79 Å². The van der Waals surface area contributed by atoms with Gasteiger partial charge in [0, 0.05) is 6.42 Å². The number of ether oxygens (including phenoxy) is 1. The predicted molar refractivity (Wildman–Crippen MR) is 57.8 cm³/mol. The molecular weight excluding hydrogens is 204 g/mol. The van der Waals surface area contributed by atoms with Crippen molar-refractivity contribution in [2.45, 2.75) is 18.9 Å². The van der Waals surface area contributed by atoms with E-state index in [0.29, 0.717) is 24.3 Å². The molecule has 1 aromatic carbocycles. The predicted octanol–water partition coefficient (Wildman–Crippen LogP) is 1.22. The van der Waals surface area contributed by atoms with Gasteiger partial charge in [-0.3, -0.25) is 4.79 Å². The van der Waals surface area contributed by atoms with Crippen molar-refractivity contribution >= 4 is 5.91 Å². The number of amides is 1. The molecule has 1 aliphatic heterocycles. The van der Waals surface area contributed by atoms with Gasteiger partial charge in [-0.05, 0) is 24.6 Å². The van der Waals surface area contributed by atoms with Crippen molar-refractivity contribution in [2.75, 3.05) is 6.61 Å². The molecule has 0 saturated carbocycles. The number of nitrogens with zero attached hydrogens (tertiary/aromatic N) is 1. The summed E-state index contributed by atoms with van der Waals surface area (Å²) in [6.07, 6.45) is 1.39. The van der Waals surface area contributed by atoms with E-state index in [4.69, 9.17) is 10.00 Å². The molecule has 2 rings (SSSR count). The van der Waals surface area contributed by atoms with Crippen LogP contribution in [0.5, 0.6) is 5.75 Å². The average molecular weight is 216 g/mol. The molecule has 1 unspecified atom stereocenters. The van der Waals surface area contributed by atoms with E-state index in [-0.39, 0.29) is 11.9 Å². The number of carbonyl (C=O) groups is 1. The fourth-order valence-corrected chi connectivity index (χ4v) is 1.65. The maximum atomic E-state index is 11.0. The zero-order valence-electron chi connectivity index (χ0n) is 8.77. The van der Waals surface area contributed by atoms with Crippen LogP contribution in [0.25, 0.3) is 0 Å². The van der Waals surface area contributed by atoms with Crippen LogP contribution in [-0.4, -0.2) is 18.6 Å². The Bertz CT molecular complexity index is 437. The largest absolute Gasteiger partial charge is 0.491 e. The van der Waals surface area contributed by atoms with Crippen LogP contribution in [0.2, 0.25) is 0 Å². The molecule has 82 valence electrons. The lowest BCUT2D eigenvalue weighted by Gasteiger charge is -2.11. The van der Waals surface area contributed by atoms with Crippen LogP contribution in [0.1, 0.15) is 18.4 Å². The zero-order chi connectivity index (χ0) is 11.4. The number of nitriles is 1. The molecular formula is C12H12N2O2. The highest BCUT2D eigenvalue weighted by atomic mass is 16.5. The number of hydrogen-bond donors (Lipinski definition) is 1. The third kappa shape index (κ3) is 2.51. The van der Waals surface area contributed by atoms with E-state index in [2.05, 4.69) is 11.4 Å². The van der Waals surface area contributed by atoms with Gasteiger partial charge in [0.2, 0.25) is 5.91 Å². The minimum Gasteiger partial charge on any atom is -0.491 e. The quantitative estimate of drug-likeness (QED) is 0.826. The van der Waals surface area contributed by atoms with Crippen LogP contribution < -0.4 is 10.1 Å². The van der Waals surface area contributed by atoms with Crippen molar-refractivity contribution in [3.63, 3.8) is 0 Å². The highest BCUT2D eigenvalue weighted by Crippen LogP contribution is 2.14. The lowest BCUT2D eigenvalue weighted by molar-refractivity contribution is -0.119. The minimum atomic E-state index is 0.0828. The molecule has 0 radical (unpaired) electrons. The van der Waals surface area contributed by atoms with E-state index in [9.17, 15) is 4.79 Å². The Hall–Kier alpha value is -2.02. The molecule has 1 aliphatic rings. The zero-order valence-corrected chi connectivity index (χ0v) is 8.77. The minimum absolute atomic E-state index is 0.0828. The summed E-state index contributed by atoms with van der Waals surface area (Å²) >= 11 is 0. The molecule has 1 fully saturated rings. The lowest BCUT2D eigenvalue weighted by Crippen LogP contribution is -2.30. The summed E-state index contributed by atoms with van der Waals surface area (Å²) in [5.41, 5.74) is 0.577. The molecule has 4 nitrogen and oxygen atoms in total. The van der Waals surface area contributed by atoms with E-state index in [1.165, 1.54) is 0 Å². The Kier molecular flexibility index (Phi) is 3.06. The summed E-state index contributed by atoms with van der Waals surface area (Å²) in [6, 6.07) is 9.15. The second-order valence-electron chi connectivity index (χ2n) is 3.75. The molecule has 1 saturated heterocycles. The van der Waals surface area contributed by atoms with Crippen LogP contribution in [0.3, 0.4) is 0 Å². The number of carbonyl (C=O) groups excluding carboxylic acids is 1. The van der Waals surface area contributed by atoms with Crippen LogP contribution >= 0.6 is 0 Å². The molecule has 0 aliphatic carbocycles. The van der Waals surface area contributed by atoms with E-state index >= 15 is 0 Å². The van der Waals surface area contributed by atoms with Crippen LogP contribution in [0, 0.1) is 11.3 Å². The molecule has 1 aromatic rings. The number of benzene rings is 1. The van der Waals surface area contributed by atoms with Crippen molar-refractivity contribution < 1.29 is 9.53 Å². The first-order chi connectivity index (χ1) is 7.78. The standard InChI is InChI=1S/C12H12N2O2/c13-7-9-2-1-3-11(6-9)16-8-10-4-5-12(15)14-10/h1-3,6,10H,4-5,8H2,(H,14,15). The van der Waals surface area contributed by atoms with Gasteiger partial charge in [0.15, 0.2) is 0 Å². The molecule has 1 heterocycles. The van der Waals surface area contributed by atoms with Gasteiger partial charge in [-0.25, -0.2) is 0 Å². The van der Waals surface area contributed by atoms with Crippen molar-refractivity contribution in [2.24, 2.45) is 0 Å². The number of rotatable bonds is 3. The van der Waals surface area contributed by atoms with Crippen molar-refractivity contribution in [3.05, 3.63) is 29.8 Å². The fourth-order valence-electron chi connectivity index (χ4n) is 1.65. The van der Waals surface area contributed by atoms with Gasteiger partial charge in [-0.15, -0.1) is 0 Å². The molecule has 1 N–H and O–H groups in total. The van der Waals surface area contributed by atoms with Gasteiger partial charge in [0.1, 0.15) is 12.4 Å². The molecule has 0 spiro atoms. The maximum absolute atomic E-state index is 11.0. The Morgan fingerprint density at radius 2 is 2.44 bits per heavy atom. The van der Waals surface area contributed by atoms with Gasteiger partial charge in [-0.2, -0.15) is 5.26 Å². The van der Waals surface area contributed by atoms with Gasteiger partial charge < -0.3 is 10.1 Å². The second kappa shape index (κ2) is 4.67. The SMILES string of the molecule is N#Cc1cccc(OCC2CCC(=O)N2)c1. The number of hydrogen-bond acceptors (Lipinski definition) is 3. The molecule has 0 aromatic heterocycles. The normalized spacial score (nSPS) is 18.9. The molecule has 0 bridgehead atoms. The number of nitrogens with one attached hydrogen (secondary N) is 1. The molecule has 1 atom stereocenters. The summed E-state index contributed by atoms with van der Waals surface area (Å²) in [4.78, 5) is 11.0. The summed E-state index contributed by atoms with van der Waals surface area (Å²) in [5, 5.41) is 11.5. The first-order valence-corrected chi connectivity index (χ1v) is 5.20. The van der Waals surface area contributed by atoms with Crippen LogP contribution in [0.15, 0.2) is 24.3 Å². The second-order valence-corrected chi connectivity index (χ2v) is 3.75. The van der Waals surface area contributed by atoms with Gasteiger partial charge in [-0.1, -0.05) is 6.07 Å². The Balaban J connectivity index is 1.90. The maximum Gasteiger partial charge on any atom is 0.220 e. The van der Waals surface area contributed by atoms with E-state index in [1.54, 1.807) is 24.3 Å². The summed E-state index contributed by atoms with van der Waals surface area (Å²) in [6.45, 7) is 0.459. The first-order valence-electron chi connectivity index (χ1n) is 5.20. The van der Waals surface area contributed by atoms with Gasteiger partial charge >= 0.3 is 0 Å². The third-order valence-corrected chi connectivity index (χ3v) is 2.50. The van der Waals surface area contributed by atoms with E-state index < -0.39 is 0 Å². The third-order valence-electron chi connectivity index (χ3n) is 2.50. The Labute approximate surface area is 93.8 Å². The fraction of sp³-hybridized carbons (Fsp3) is 0.333. The molecule has 4 heteroatoms. The first kappa shape index (κ1) is 10.5. The summed E-state index contributed by atoms with van der Waals surface area (Å²) in [7, 11) is 0. The van der Waals surface area contributed by atoms with E-state index in [0.717, 1.165) is 6.42 Å². The highest BCUT2D eigenvalue weighted by molar-refractivity contribution is 5.78. The topological polar surface area (TPSA) is 62.1 Å².